The minimum Gasteiger partial charge on any atom is -0.345 e. The van der Waals surface area contributed by atoms with E-state index in [9.17, 15) is 4.79 Å². The summed E-state index contributed by atoms with van der Waals surface area (Å²) in [5, 5.41) is 8.24. The number of benzene rings is 2. The van der Waals surface area contributed by atoms with Gasteiger partial charge in [0.25, 0.3) is 5.91 Å². The Labute approximate surface area is 194 Å². The molecule has 0 aliphatic carbocycles. The molecule has 2 N–H and O–H groups in total. The lowest BCUT2D eigenvalue weighted by molar-refractivity contribution is 0.102. The van der Waals surface area contributed by atoms with E-state index in [-0.39, 0.29) is 5.91 Å². The van der Waals surface area contributed by atoms with E-state index in [1.54, 1.807) is 29.6 Å². The van der Waals surface area contributed by atoms with Gasteiger partial charge in [-0.25, -0.2) is 14.6 Å². The van der Waals surface area contributed by atoms with Crippen molar-refractivity contribution >= 4 is 33.7 Å². The molecular formula is C26H19N7O. The van der Waals surface area contributed by atoms with E-state index in [2.05, 4.69) is 25.4 Å². The van der Waals surface area contributed by atoms with Gasteiger partial charge >= 0.3 is 0 Å². The largest absolute Gasteiger partial charge is 0.345 e. The van der Waals surface area contributed by atoms with Crippen molar-refractivity contribution in [2.24, 2.45) is 0 Å². The number of amides is 1. The van der Waals surface area contributed by atoms with Crippen molar-refractivity contribution in [3.05, 3.63) is 103 Å². The lowest BCUT2D eigenvalue weighted by Crippen LogP contribution is -2.13. The lowest BCUT2D eigenvalue weighted by atomic mass is 10.1. The molecule has 0 aliphatic heterocycles. The second-order valence-electron chi connectivity index (χ2n) is 7.88. The highest BCUT2D eigenvalue weighted by Crippen LogP contribution is 2.27. The molecule has 0 atom stereocenters. The third kappa shape index (κ3) is 3.57. The topological polar surface area (TPSA) is 101 Å². The molecule has 8 heteroatoms. The fraction of sp³-hybridized carbons (Fsp3) is 0.0385. The fourth-order valence-corrected chi connectivity index (χ4v) is 4.03. The van der Waals surface area contributed by atoms with Gasteiger partial charge in [0, 0.05) is 18.0 Å². The summed E-state index contributed by atoms with van der Waals surface area (Å²) in [6.07, 6.45) is 6.84. The summed E-state index contributed by atoms with van der Waals surface area (Å²) >= 11 is 0. The first-order chi connectivity index (χ1) is 16.8. The molecule has 0 saturated heterocycles. The number of imidazole rings is 1. The van der Waals surface area contributed by atoms with Crippen molar-refractivity contribution in [3.63, 3.8) is 0 Å². The van der Waals surface area contributed by atoms with Crippen LogP contribution in [-0.2, 0) is 6.54 Å². The first-order valence-corrected chi connectivity index (χ1v) is 10.8. The average Bonchev–Trinajstić information content (AvgIpc) is 3.53. The van der Waals surface area contributed by atoms with Crippen molar-refractivity contribution in [2.75, 3.05) is 5.32 Å². The summed E-state index contributed by atoms with van der Waals surface area (Å²) in [6, 6.07) is 21.1. The number of H-pyrrole nitrogens is 1. The van der Waals surface area contributed by atoms with E-state index >= 15 is 0 Å². The van der Waals surface area contributed by atoms with Crippen LogP contribution in [0.3, 0.4) is 0 Å². The number of hydrogen-bond donors (Lipinski definition) is 2. The van der Waals surface area contributed by atoms with Gasteiger partial charge in [-0.3, -0.25) is 9.78 Å². The fourth-order valence-electron chi connectivity index (χ4n) is 4.03. The highest BCUT2D eigenvalue weighted by Gasteiger charge is 2.19. The van der Waals surface area contributed by atoms with Crippen LogP contribution >= 0.6 is 0 Å². The van der Waals surface area contributed by atoms with Crippen molar-refractivity contribution in [1.82, 2.24) is 29.7 Å². The Kier molecular flexibility index (Phi) is 4.81. The molecule has 4 heterocycles. The Morgan fingerprint density at radius 3 is 2.76 bits per heavy atom. The number of carbonyl (C=O) groups excluding carboxylic acids is 1. The summed E-state index contributed by atoms with van der Waals surface area (Å²) in [6.45, 7) is 0.496. The van der Waals surface area contributed by atoms with E-state index in [4.69, 9.17) is 4.98 Å². The summed E-state index contributed by atoms with van der Waals surface area (Å²) < 4.78 is 1.80. The minimum atomic E-state index is -0.249. The lowest BCUT2D eigenvalue weighted by Gasteiger charge is -2.10. The first-order valence-electron chi connectivity index (χ1n) is 10.8. The van der Waals surface area contributed by atoms with E-state index in [0.717, 1.165) is 16.6 Å². The van der Waals surface area contributed by atoms with E-state index in [0.29, 0.717) is 40.0 Å². The summed E-state index contributed by atoms with van der Waals surface area (Å²) in [7, 11) is 0. The summed E-state index contributed by atoms with van der Waals surface area (Å²) in [4.78, 5) is 30.0. The van der Waals surface area contributed by atoms with Gasteiger partial charge in [0.05, 0.1) is 46.9 Å². The number of fused-ring (bicyclic) bond motifs is 2. The van der Waals surface area contributed by atoms with Gasteiger partial charge in [-0.1, -0.05) is 42.5 Å². The molecule has 34 heavy (non-hydrogen) atoms. The number of aromatic amines is 1. The number of hydrogen-bond acceptors (Lipinski definition) is 5. The van der Waals surface area contributed by atoms with Gasteiger partial charge in [-0.05, 0) is 29.8 Å². The highest BCUT2D eigenvalue weighted by atomic mass is 16.1. The maximum atomic E-state index is 13.5. The van der Waals surface area contributed by atoms with Gasteiger partial charge in [-0.2, -0.15) is 5.10 Å². The zero-order chi connectivity index (χ0) is 22.9. The SMILES string of the molecule is O=C(Nc1cccc2[nH]cnc12)c1cc(-c2ccccc2)nc2c1cnn2Cc1cccnc1. The average molecular weight is 445 g/mol. The van der Waals surface area contributed by atoms with Crippen LogP contribution < -0.4 is 5.32 Å². The van der Waals surface area contributed by atoms with Crippen LogP contribution in [-0.4, -0.2) is 35.6 Å². The molecule has 0 saturated carbocycles. The second-order valence-corrected chi connectivity index (χ2v) is 7.88. The van der Waals surface area contributed by atoms with Gasteiger partial charge < -0.3 is 10.3 Å². The molecule has 4 aromatic heterocycles. The molecule has 1 amide bonds. The third-order valence-electron chi connectivity index (χ3n) is 5.68. The number of rotatable bonds is 5. The number of nitrogens with zero attached hydrogens (tertiary/aromatic N) is 5. The molecule has 6 aromatic rings. The Hall–Kier alpha value is -4.85. The molecule has 0 unspecified atom stereocenters. The van der Waals surface area contributed by atoms with Crippen LogP contribution in [0.5, 0.6) is 0 Å². The summed E-state index contributed by atoms with van der Waals surface area (Å²) in [5.41, 5.74) is 5.94. The normalized spacial score (nSPS) is 11.2. The molecule has 0 fully saturated rings. The van der Waals surface area contributed by atoms with E-state index in [1.165, 1.54) is 0 Å². The van der Waals surface area contributed by atoms with Gasteiger partial charge in [0.2, 0.25) is 0 Å². The predicted molar refractivity (Wildman–Crippen MR) is 130 cm³/mol. The van der Waals surface area contributed by atoms with Crippen LogP contribution in [0.15, 0.2) is 91.6 Å². The zero-order valence-corrected chi connectivity index (χ0v) is 18.0. The molecular weight excluding hydrogens is 426 g/mol. The molecule has 0 radical (unpaired) electrons. The Morgan fingerprint density at radius 1 is 1.00 bits per heavy atom. The van der Waals surface area contributed by atoms with Gasteiger partial charge in [0.15, 0.2) is 5.65 Å². The Bertz CT molecular complexity index is 1620. The molecule has 6 rings (SSSR count). The number of nitrogens with one attached hydrogen (secondary N) is 2. The number of anilines is 1. The molecule has 164 valence electrons. The van der Waals surface area contributed by atoms with Crippen LogP contribution in [0, 0.1) is 0 Å². The quantitative estimate of drug-likeness (QED) is 0.402. The molecule has 2 aromatic carbocycles. The standard InChI is InChI=1S/C26H19N7O/c34-26(32-22-10-4-9-21-24(22)29-16-28-21)19-12-23(18-7-2-1-3-8-18)31-25-20(19)14-30-33(25)15-17-6-5-11-27-13-17/h1-14,16H,15H2,(H,28,29)(H,32,34). The van der Waals surface area contributed by atoms with Crippen LogP contribution in [0.4, 0.5) is 5.69 Å². The summed E-state index contributed by atoms with van der Waals surface area (Å²) in [5.74, 6) is -0.249. The van der Waals surface area contributed by atoms with Crippen LogP contribution in [0.2, 0.25) is 0 Å². The Morgan fingerprint density at radius 2 is 1.91 bits per heavy atom. The van der Waals surface area contributed by atoms with E-state index < -0.39 is 0 Å². The van der Waals surface area contributed by atoms with Gasteiger partial charge in [0.1, 0.15) is 5.52 Å². The second kappa shape index (κ2) is 8.25. The van der Waals surface area contributed by atoms with E-state index in [1.807, 2.05) is 66.7 Å². The smallest absolute Gasteiger partial charge is 0.256 e. The maximum absolute atomic E-state index is 13.5. The minimum absolute atomic E-state index is 0.249. The first kappa shape index (κ1) is 19.8. The Balaban J connectivity index is 1.47. The molecule has 8 nitrogen and oxygen atoms in total. The third-order valence-corrected chi connectivity index (χ3v) is 5.68. The predicted octanol–water partition coefficient (Wildman–Crippen LogP) is 4.67. The van der Waals surface area contributed by atoms with Crippen molar-refractivity contribution in [1.29, 1.82) is 0 Å². The molecule has 0 bridgehead atoms. The monoisotopic (exact) mass is 445 g/mol. The number of carbonyl (C=O) groups is 1. The highest BCUT2D eigenvalue weighted by molar-refractivity contribution is 6.14. The molecule has 0 spiro atoms. The van der Waals surface area contributed by atoms with Crippen LogP contribution in [0.25, 0.3) is 33.3 Å². The van der Waals surface area contributed by atoms with Gasteiger partial charge in [-0.15, -0.1) is 0 Å². The van der Waals surface area contributed by atoms with Crippen molar-refractivity contribution in [3.8, 4) is 11.3 Å². The zero-order valence-electron chi connectivity index (χ0n) is 18.0. The number of para-hydroxylation sites is 1. The number of aromatic nitrogens is 6. The maximum Gasteiger partial charge on any atom is 0.256 e. The van der Waals surface area contributed by atoms with Crippen molar-refractivity contribution < 1.29 is 4.79 Å². The number of pyridine rings is 2. The van der Waals surface area contributed by atoms with Crippen LogP contribution in [0.1, 0.15) is 15.9 Å². The van der Waals surface area contributed by atoms with Crippen molar-refractivity contribution in [2.45, 2.75) is 6.54 Å². The molecule has 0 aliphatic rings.